The molecule has 0 unspecified atom stereocenters. The fourth-order valence-corrected chi connectivity index (χ4v) is 2.88. The van der Waals surface area contributed by atoms with Crippen molar-refractivity contribution in [2.45, 2.75) is 19.9 Å². The molecular formula is C20H21N3O3. The minimum Gasteiger partial charge on any atom is -0.497 e. The highest BCUT2D eigenvalue weighted by atomic mass is 16.5. The number of nitrogens with one attached hydrogen (secondary N) is 3. The number of anilines is 1. The first-order valence-electron chi connectivity index (χ1n) is 8.28. The molecule has 0 fully saturated rings. The summed E-state index contributed by atoms with van der Waals surface area (Å²) >= 11 is 0. The lowest BCUT2D eigenvalue weighted by molar-refractivity contribution is -0.113. The lowest BCUT2D eigenvalue weighted by atomic mass is 9.94. The van der Waals surface area contributed by atoms with E-state index < -0.39 is 6.04 Å². The van der Waals surface area contributed by atoms with Gasteiger partial charge in [0.25, 0.3) is 5.91 Å². The van der Waals surface area contributed by atoms with Gasteiger partial charge in [0.15, 0.2) is 0 Å². The molecule has 1 heterocycles. The van der Waals surface area contributed by atoms with Crippen LogP contribution in [0, 0.1) is 6.92 Å². The highest BCUT2D eigenvalue weighted by Gasteiger charge is 2.31. The number of carbonyl (C=O) groups is 2. The van der Waals surface area contributed by atoms with Gasteiger partial charge in [-0.2, -0.15) is 0 Å². The third-order valence-corrected chi connectivity index (χ3v) is 4.27. The molecule has 0 saturated carbocycles. The number of ether oxygens (including phenoxy) is 1. The van der Waals surface area contributed by atoms with E-state index in [0.717, 1.165) is 11.1 Å². The molecule has 6 nitrogen and oxygen atoms in total. The Balaban J connectivity index is 1.91. The van der Waals surface area contributed by atoms with Crippen molar-refractivity contribution in [3.05, 3.63) is 70.9 Å². The summed E-state index contributed by atoms with van der Waals surface area (Å²) in [7, 11) is 1.59. The number of rotatable bonds is 4. The molecule has 0 bridgehead atoms. The third kappa shape index (κ3) is 3.69. The molecule has 3 amide bonds. The van der Waals surface area contributed by atoms with Crippen molar-refractivity contribution in [1.82, 2.24) is 10.6 Å². The molecule has 1 aliphatic rings. The molecule has 2 aromatic rings. The van der Waals surface area contributed by atoms with Crippen molar-refractivity contribution in [2.24, 2.45) is 0 Å². The van der Waals surface area contributed by atoms with Crippen molar-refractivity contribution in [1.29, 1.82) is 0 Å². The number of hydrogen-bond acceptors (Lipinski definition) is 3. The Hall–Kier alpha value is -3.28. The van der Waals surface area contributed by atoms with Gasteiger partial charge in [-0.1, -0.05) is 29.8 Å². The average Bonchev–Trinajstić information content (AvgIpc) is 2.63. The van der Waals surface area contributed by atoms with Gasteiger partial charge >= 0.3 is 6.03 Å². The normalized spacial score (nSPS) is 16.6. The van der Waals surface area contributed by atoms with Gasteiger partial charge in [-0.25, -0.2) is 4.79 Å². The fraction of sp³-hybridized carbons (Fsp3) is 0.200. The maximum absolute atomic E-state index is 12.9. The highest BCUT2D eigenvalue weighted by Crippen LogP contribution is 2.29. The fourth-order valence-electron chi connectivity index (χ4n) is 2.88. The quantitative estimate of drug-likeness (QED) is 0.791. The van der Waals surface area contributed by atoms with E-state index in [1.165, 1.54) is 0 Å². The second kappa shape index (κ2) is 7.31. The van der Waals surface area contributed by atoms with E-state index in [1.54, 1.807) is 26.2 Å². The lowest BCUT2D eigenvalue weighted by Gasteiger charge is -2.28. The molecular weight excluding hydrogens is 330 g/mol. The Labute approximate surface area is 152 Å². The molecule has 0 spiro atoms. The zero-order chi connectivity index (χ0) is 18.7. The number of hydrogen-bond donors (Lipinski definition) is 3. The van der Waals surface area contributed by atoms with Gasteiger partial charge in [0.1, 0.15) is 5.75 Å². The summed E-state index contributed by atoms with van der Waals surface area (Å²) in [5.41, 5.74) is 3.61. The lowest BCUT2D eigenvalue weighted by Crippen LogP contribution is -2.45. The van der Waals surface area contributed by atoms with Crippen LogP contribution in [0.3, 0.4) is 0 Å². The van der Waals surface area contributed by atoms with Crippen LogP contribution in [0.25, 0.3) is 0 Å². The second-order valence-corrected chi connectivity index (χ2v) is 6.16. The minimum atomic E-state index is -0.542. The number of benzene rings is 2. The molecule has 6 heteroatoms. The number of methoxy groups -OCH3 is 1. The van der Waals surface area contributed by atoms with Crippen LogP contribution in [0.1, 0.15) is 24.1 Å². The number of carbonyl (C=O) groups excluding carboxylic acids is 2. The maximum Gasteiger partial charge on any atom is 0.319 e. The van der Waals surface area contributed by atoms with Crippen LogP contribution < -0.4 is 20.7 Å². The van der Waals surface area contributed by atoms with Crippen LogP contribution in [0.4, 0.5) is 10.5 Å². The topological polar surface area (TPSA) is 79.5 Å². The van der Waals surface area contributed by atoms with E-state index >= 15 is 0 Å². The molecule has 0 aromatic heterocycles. The number of allylic oxidation sites excluding steroid dienone is 1. The Morgan fingerprint density at radius 3 is 2.31 bits per heavy atom. The molecule has 0 aliphatic carbocycles. The van der Waals surface area contributed by atoms with E-state index in [-0.39, 0.29) is 11.9 Å². The van der Waals surface area contributed by atoms with E-state index in [1.807, 2.05) is 43.3 Å². The average molecular weight is 351 g/mol. The smallest absolute Gasteiger partial charge is 0.319 e. The van der Waals surface area contributed by atoms with Crippen molar-refractivity contribution < 1.29 is 14.3 Å². The van der Waals surface area contributed by atoms with Crippen molar-refractivity contribution in [3.8, 4) is 5.75 Å². The molecule has 2 aromatic carbocycles. The molecule has 0 saturated heterocycles. The molecule has 26 heavy (non-hydrogen) atoms. The molecule has 0 radical (unpaired) electrons. The van der Waals surface area contributed by atoms with Crippen molar-refractivity contribution in [2.75, 3.05) is 12.4 Å². The number of amides is 3. The van der Waals surface area contributed by atoms with E-state index in [2.05, 4.69) is 16.0 Å². The Morgan fingerprint density at radius 1 is 1.04 bits per heavy atom. The summed E-state index contributed by atoms with van der Waals surface area (Å²) in [6.45, 7) is 3.71. The van der Waals surface area contributed by atoms with Crippen LogP contribution in [-0.4, -0.2) is 19.0 Å². The van der Waals surface area contributed by atoms with Crippen LogP contribution in [0.15, 0.2) is 59.8 Å². The Morgan fingerprint density at radius 2 is 1.69 bits per heavy atom. The summed E-state index contributed by atoms with van der Waals surface area (Å²) in [4.78, 5) is 24.8. The van der Waals surface area contributed by atoms with E-state index in [9.17, 15) is 9.59 Å². The van der Waals surface area contributed by atoms with Gasteiger partial charge < -0.3 is 20.7 Å². The number of aryl methyl sites for hydroxylation is 1. The largest absolute Gasteiger partial charge is 0.497 e. The summed E-state index contributed by atoms with van der Waals surface area (Å²) in [6, 6.07) is 13.9. The molecule has 3 rings (SSSR count). The van der Waals surface area contributed by atoms with Gasteiger partial charge in [0.2, 0.25) is 0 Å². The standard InChI is InChI=1S/C20H21N3O3/c1-12-4-8-15(9-5-12)22-19(24)17-13(2)21-20(25)23-18(17)14-6-10-16(26-3)11-7-14/h4-11,18H,1-3H3,(H,22,24)(H2,21,23,25)/t18-/m1/s1. The van der Waals surface area contributed by atoms with Crippen LogP contribution in [0.2, 0.25) is 0 Å². The second-order valence-electron chi connectivity index (χ2n) is 6.16. The van der Waals surface area contributed by atoms with Crippen LogP contribution in [0.5, 0.6) is 5.75 Å². The molecule has 134 valence electrons. The van der Waals surface area contributed by atoms with Gasteiger partial charge in [-0.3, -0.25) is 4.79 Å². The van der Waals surface area contributed by atoms with Gasteiger partial charge in [-0.05, 0) is 43.7 Å². The first-order chi connectivity index (χ1) is 12.5. The zero-order valence-electron chi connectivity index (χ0n) is 14.9. The summed E-state index contributed by atoms with van der Waals surface area (Å²) < 4.78 is 5.17. The maximum atomic E-state index is 12.9. The third-order valence-electron chi connectivity index (χ3n) is 4.27. The number of urea groups is 1. The van der Waals surface area contributed by atoms with Gasteiger partial charge in [0, 0.05) is 11.4 Å². The molecule has 3 N–H and O–H groups in total. The predicted octanol–water partition coefficient (Wildman–Crippen LogP) is 3.27. The van der Waals surface area contributed by atoms with Crippen LogP contribution in [-0.2, 0) is 4.79 Å². The first kappa shape index (κ1) is 17.5. The molecule has 1 aliphatic heterocycles. The summed E-state index contributed by atoms with van der Waals surface area (Å²) in [5.74, 6) is 0.444. The first-order valence-corrected chi connectivity index (χ1v) is 8.28. The van der Waals surface area contributed by atoms with Gasteiger partial charge in [0.05, 0.1) is 18.7 Å². The van der Waals surface area contributed by atoms with Crippen molar-refractivity contribution >= 4 is 17.6 Å². The van der Waals surface area contributed by atoms with E-state index in [4.69, 9.17) is 4.74 Å². The highest BCUT2D eigenvalue weighted by molar-refractivity contribution is 6.06. The van der Waals surface area contributed by atoms with Gasteiger partial charge in [-0.15, -0.1) is 0 Å². The summed E-state index contributed by atoms with van der Waals surface area (Å²) in [5, 5.41) is 8.38. The SMILES string of the molecule is COc1ccc([C@H]2NC(=O)NC(C)=C2C(=O)Nc2ccc(C)cc2)cc1. The van der Waals surface area contributed by atoms with E-state index in [0.29, 0.717) is 22.7 Å². The monoisotopic (exact) mass is 351 g/mol. The summed E-state index contributed by atoms with van der Waals surface area (Å²) in [6.07, 6.45) is 0. The van der Waals surface area contributed by atoms with Crippen molar-refractivity contribution in [3.63, 3.8) is 0 Å². The Kier molecular flexibility index (Phi) is 4.93. The Bertz CT molecular complexity index is 855. The minimum absolute atomic E-state index is 0.264. The molecule has 1 atom stereocenters. The van der Waals surface area contributed by atoms with Crippen LogP contribution >= 0.6 is 0 Å². The zero-order valence-corrected chi connectivity index (χ0v) is 14.9. The predicted molar refractivity (Wildman–Crippen MR) is 99.9 cm³/mol.